The molecule has 2 aliphatic rings. The van der Waals surface area contributed by atoms with E-state index in [0.29, 0.717) is 37.1 Å². The summed E-state index contributed by atoms with van der Waals surface area (Å²) in [7, 11) is 0. The number of carbonyl (C=O) groups is 1. The molecule has 1 heterocycles. The minimum absolute atomic E-state index is 0.0699. The fourth-order valence-corrected chi connectivity index (χ4v) is 5.97. The molecule has 1 saturated carbocycles. The Morgan fingerprint density at radius 1 is 1.02 bits per heavy atom. The molecule has 1 fully saturated rings. The minimum atomic E-state index is -1.30. The zero-order valence-corrected chi connectivity index (χ0v) is 24.4. The van der Waals surface area contributed by atoms with E-state index in [-0.39, 0.29) is 25.5 Å². The van der Waals surface area contributed by atoms with Crippen LogP contribution in [0.5, 0.6) is 5.75 Å². The normalized spacial score (nSPS) is 20.0. The Kier molecular flexibility index (Phi) is 10.3. The van der Waals surface area contributed by atoms with E-state index in [1.54, 1.807) is 0 Å². The SMILES string of the molecule is [N-]=[N+]=NCc1ccccc1C[C@@]1(C(=O)NCC2CCCCC2)N=C(c2ccc(OCCCO)cc2)O[C@@H]1c1ccccc1. The number of amides is 1. The van der Waals surface area contributed by atoms with Crippen molar-refractivity contribution >= 4 is 11.8 Å². The van der Waals surface area contributed by atoms with E-state index in [9.17, 15) is 4.79 Å². The lowest BCUT2D eigenvalue weighted by molar-refractivity contribution is -0.129. The van der Waals surface area contributed by atoms with Crippen LogP contribution in [0.15, 0.2) is 89.0 Å². The summed E-state index contributed by atoms with van der Waals surface area (Å²) in [5.41, 5.74) is 11.0. The number of ether oxygens (including phenoxy) is 2. The first-order valence-electron chi connectivity index (χ1n) is 15.1. The van der Waals surface area contributed by atoms with Crippen molar-refractivity contribution < 1.29 is 19.4 Å². The number of hydrogen-bond donors (Lipinski definition) is 2. The quantitative estimate of drug-likeness (QED) is 0.104. The summed E-state index contributed by atoms with van der Waals surface area (Å²) in [4.78, 5) is 22.6. The van der Waals surface area contributed by atoms with Crippen molar-refractivity contribution in [1.29, 1.82) is 0 Å². The number of hydrogen-bond acceptors (Lipinski definition) is 6. The first-order valence-corrected chi connectivity index (χ1v) is 15.1. The highest BCUT2D eigenvalue weighted by Gasteiger charge is 2.53. The van der Waals surface area contributed by atoms with E-state index in [2.05, 4.69) is 15.3 Å². The van der Waals surface area contributed by atoms with E-state index < -0.39 is 11.6 Å². The number of benzene rings is 3. The summed E-state index contributed by atoms with van der Waals surface area (Å²) in [5.74, 6) is 1.34. The van der Waals surface area contributed by atoms with Crippen LogP contribution in [0.1, 0.15) is 66.9 Å². The van der Waals surface area contributed by atoms with Crippen molar-refractivity contribution in [1.82, 2.24) is 5.32 Å². The molecule has 3 aromatic carbocycles. The third-order valence-corrected chi connectivity index (χ3v) is 8.29. The number of azide groups is 1. The zero-order chi connectivity index (χ0) is 29.9. The molecule has 1 aliphatic carbocycles. The van der Waals surface area contributed by atoms with Crippen LogP contribution in [0.3, 0.4) is 0 Å². The van der Waals surface area contributed by atoms with Crippen LogP contribution in [0.25, 0.3) is 10.4 Å². The molecule has 1 amide bonds. The Morgan fingerprint density at radius 3 is 2.47 bits per heavy atom. The fraction of sp³-hybridized carbons (Fsp3) is 0.412. The number of rotatable bonds is 13. The molecule has 5 rings (SSSR count). The molecule has 1 aliphatic heterocycles. The molecule has 0 unspecified atom stereocenters. The van der Waals surface area contributed by atoms with Crippen molar-refractivity contribution in [2.75, 3.05) is 19.8 Å². The number of aliphatic hydroxyl groups excluding tert-OH is 1. The average molecular weight is 582 g/mol. The maximum absolute atomic E-state index is 14.5. The first kappa shape index (κ1) is 30.1. The van der Waals surface area contributed by atoms with Gasteiger partial charge in [-0.2, -0.15) is 0 Å². The molecular weight excluding hydrogens is 542 g/mol. The number of carbonyl (C=O) groups excluding carboxylic acids is 1. The van der Waals surface area contributed by atoms with Crippen molar-refractivity contribution in [3.63, 3.8) is 0 Å². The number of aliphatic imine (C=N–C) groups is 1. The largest absolute Gasteiger partial charge is 0.494 e. The maximum Gasteiger partial charge on any atom is 0.252 e. The molecule has 224 valence electrons. The van der Waals surface area contributed by atoms with Gasteiger partial charge in [0.05, 0.1) is 13.2 Å². The molecular formula is C34H39N5O4. The second-order valence-corrected chi connectivity index (χ2v) is 11.2. The Labute approximate surface area is 252 Å². The highest BCUT2D eigenvalue weighted by Crippen LogP contribution is 2.43. The smallest absolute Gasteiger partial charge is 0.252 e. The predicted octanol–water partition coefficient (Wildman–Crippen LogP) is 6.45. The monoisotopic (exact) mass is 581 g/mol. The van der Waals surface area contributed by atoms with E-state index >= 15 is 0 Å². The summed E-state index contributed by atoms with van der Waals surface area (Å²) in [6.07, 6.45) is 6.00. The molecule has 3 aromatic rings. The van der Waals surface area contributed by atoms with Crippen LogP contribution >= 0.6 is 0 Å². The minimum Gasteiger partial charge on any atom is -0.494 e. The molecule has 43 heavy (non-hydrogen) atoms. The van der Waals surface area contributed by atoms with Crippen LogP contribution in [0, 0.1) is 5.92 Å². The highest BCUT2D eigenvalue weighted by atomic mass is 16.5. The Morgan fingerprint density at radius 2 is 1.74 bits per heavy atom. The molecule has 2 atom stereocenters. The van der Waals surface area contributed by atoms with Crippen molar-refractivity contribution in [2.24, 2.45) is 16.0 Å². The summed E-state index contributed by atoms with van der Waals surface area (Å²) >= 11 is 0. The first-order chi connectivity index (χ1) is 21.1. The van der Waals surface area contributed by atoms with Gasteiger partial charge in [0, 0.05) is 36.5 Å². The summed E-state index contributed by atoms with van der Waals surface area (Å²) in [6, 6.07) is 24.9. The molecule has 0 aromatic heterocycles. The number of aliphatic hydroxyl groups is 1. The molecule has 0 saturated heterocycles. The van der Waals surface area contributed by atoms with Gasteiger partial charge < -0.3 is 19.9 Å². The van der Waals surface area contributed by atoms with Crippen LogP contribution < -0.4 is 10.1 Å². The second kappa shape index (κ2) is 14.7. The molecule has 0 radical (unpaired) electrons. The number of nitrogens with one attached hydrogen (secondary N) is 1. The van der Waals surface area contributed by atoms with Gasteiger partial charge in [-0.05, 0) is 65.2 Å². The summed E-state index contributed by atoms with van der Waals surface area (Å²) < 4.78 is 12.3. The van der Waals surface area contributed by atoms with Crippen molar-refractivity contribution in [3.05, 3.63) is 112 Å². The van der Waals surface area contributed by atoms with Crippen molar-refractivity contribution in [3.8, 4) is 5.75 Å². The molecule has 0 spiro atoms. The van der Waals surface area contributed by atoms with Gasteiger partial charge in [0.2, 0.25) is 5.90 Å². The van der Waals surface area contributed by atoms with Crippen molar-refractivity contribution in [2.45, 2.75) is 63.1 Å². The van der Waals surface area contributed by atoms with Gasteiger partial charge in [0.25, 0.3) is 5.91 Å². The van der Waals surface area contributed by atoms with E-state index in [1.165, 1.54) is 19.3 Å². The molecule has 0 bridgehead atoms. The third kappa shape index (κ3) is 7.37. The van der Waals surface area contributed by atoms with E-state index in [4.69, 9.17) is 25.1 Å². The van der Waals surface area contributed by atoms with Gasteiger partial charge >= 0.3 is 0 Å². The average Bonchev–Trinajstić information content (AvgIpc) is 3.45. The van der Waals surface area contributed by atoms with Crippen LogP contribution in [0.4, 0.5) is 0 Å². The van der Waals surface area contributed by atoms with Gasteiger partial charge in [-0.3, -0.25) is 4.79 Å². The van der Waals surface area contributed by atoms with Crippen LogP contribution in [-0.4, -0.2) is 42.2 Å². The summed E-state index contributed by atoms with van der Waals surface area (Å²) in [6.45, 7) is 1.27. The summed E-state index contributed by atoms with van der Waals surface area (Å²) in [5, 5.41) is 16.1. The van der Waals surface area contributed by atoms with Gasteiger partial charge in [0.1, 0.15) is 5.75 Å². The Bertz CT molecular complexity index is 1430. The highest BCUT2D eigenvalue weighted by molar-refractivity contribution is 6.01. The standard InChI is InChI=1S/C34H39N5O4/c35-39-37-24-29-15-8-7-14-28(29)22-34(33(41)36-23-25-10-3-1-4-11-25)31(26-12-5-2-6-13-26)43-32(38-34)27-16-18-30(19-17-27)42-21-9-20-40/h2,5-8,12-19,25,31,40H,1,3-4,9-11,20-24H2,(H,36,41)/t31-,34-/m1/s1. The van der Waals surface area contributed by atoms with E-state index in [0.717, 1.165) is 35.1 Å². The predicted molar refractivity (Wildman–Crippen MR) is 166 cm³/mol. The van der Waals surface area contributed by atoms with Gasteiger partial charge in [-0.15, -0.1) is 0 Å². The van der Waals surface area contributed by atoms with Crippen LogP contribution in [-0.2, 0) is 22.5 Å². The maximum atomic E-state index is 14.5. The number of nitrogens with zero attached hydrogens (tertiary/aromatic N) is 4. The van der Waals surface area contributed by atoms with Crippen LogP contribution in [0.2, 0.25) is 0 Å². The lowest BCUT2D eigenvalue weighted by Gasteiger charge is -2.32. The second-order valence-electron chi connectivity index (χ2n) is 11.2. The molecule has 9 nitrogen and oxygen atoms in total. The van der Waals surface area contributed by atoms with Gasteiger partial charge in [-0.25, -0.2) is 4.99 Å². The lowest BCUT2D eigenvalue weighted by Crippen LogP contribution is -2.51. The van der Waals surface area contributed by atoms with E-state index in [1.807, 2.05) is 78.9 Å². The fourth-order valence-electron chi connectivity index (χ4n) is 5.97. The molecule has 2 N–H and O–H groups in total. The Balaban J connectivity index is 1.54. The topological polar surface area (TPSA) is 129 Å². The third-order valence-electron chi connectivity index (χ3n) is 8.29. The Hall–Kier alpha value is -4.33. The zero-order valence-electron chi connectivity index (χ0n) is 24.4. The molecule has 9 heteroatoms. The van der Waals surface area contributed by atoms with Gasteiger partial charge in [-0.1, -0.05) is 79.0 Å². The van der Waals surface area contributed by atoms with Gasteiger partial charge in [0.15, 0.2) is 11.6 Å². The lowest BCUT2D eigenvalue weighted by atomic mass is 9.80.